The summed E-state index contributed by atoms with van der Waals surface area (Å²) in [5.41, 5.74) is 4.56. The number of pyridine rings is 1. The van der Waals surface area contributed by atoms with Crippen LogP contribution in [0.25, 0.3) is 17.0 Å². The van der Waals surface area contributed by atoms with Crippen LogP contribution in [0.1, 0.15) is 30.3 Å². The molecule has 1 aliphatic heterocycles. The Labute approximate surface area is 175 Å². The fourth-order valence-corrected chi connectivity index (χ4v) is 3.68. The standard InChI is InChI=1S/C23H25N5O2/c1-14-12-21(29)27-20-10-8-16(26-23(20)24-14)9-11-22(30)28(3)13-18-15(2)25-19-7-5-4-6-17(18)19/h4-11,14,25H,12-13H2,1-3H3,(H,24,26)(H,27,29)/b11-9+. The van der Waals surface area contributed by atoms with E-state index in [-0.39, 0.29) is 17.9 Å². The summed E-state index contributed by atoms with van der Waals surface area (Å²) in [6, 6.07) is 11.7. The molecule has 4 rings (SSSR count). The van der Waals surface area contributed by atoms with E-state index in [9.17, 15) is 9.59 Å². The van der Waals surface area contributed by atoms with E-state index in [4.69, 9.17) is 0 Å². The highest BCUT2D eigenvalue weighted by molar-refractivity contribution is 5.96. The van der Waals surface area contributed by atoms with Crippen molar-refractivity contribution in [3.05, 3.63) is 59.4 Å². The van der Waals surface area contributed by atoms with E-state index in [1.54, 1.807) is 30.2 Å². The second-order valence-electron chi connectivity index (χ2n) is 7.73. The molecule has 7 nitrogen and oxygen atoms in total. The summed E-state index contributed by atoms with van der Waals surface area (Å²) in [5, 5.41) is 7.20. The number of likely N-dealkylation sites (N-methyl/N-ethyl adjacent to an activating group) is 1. The van der Waals surface area contributed by atoms with Crippen LogP contribution < -0.4 is 10.6 Å². The maximum atomic E-state index is 12.7. The van der Waals surface area contributed by atoms with Gasteiger partial charge >= 0.3 is 0 Å². The van der Waals surface area contributed by atoms with E-state index in [0.29, 0.717) is 30.2 Å². The lowest BCUT2D eigenvalue weighted by Gasteiger charge is -2.15. The number of hydrogen-bond donors (Lipinski definition) is 3. The van der Waals surface area contributed by atoms with Crippen LogP contribution in [0.15, 0.2) is 42.5 Å². The van der Waals surface area contributed by atoms with Crippen molar-refractivity contribution in [2.75, 3.05) is 17.7 Å². The quantitative estimate of drug-likeness (QED) is 0.580. The van der Waals surface area contributed by atoms with E-state index in [1.807, 2.05) is 32.0 Å². The smallest absolute Gasteiger partial charge is 0.246 e. The Morgan fingerprint density at radius 1 is 1.27 bits per heavy atom. The summed E-state index contributed by atoms with van der Waals surface area (Å²) in [6.45, 7) is 4.47. The predicted octanol–water partition coefficient (Wildman–Crippen LogP) is 3.69. The van der Waals surface area contributed by atoms with Crippen LogP contribution in [-0.4, -0.2) is 39.8 Å². The largest absolute Gasteiger partial charge is 0.365 e. The number of H-pyrrole nitrogens is 1. The molecule has 0 bridgehead atoms. The van der Waals surface area contributed by atoms with Gasteiger partial charge in [0, 0.05) is 48.7 Å². The molecule has 0 aliphatic carbocycles. The number of fused-ring (bicyclic) bond motifs is 2. The van der Waals surface area contributed by atoms with Crippen molar-refractivity contribution in [3.8, 4) is 0 Å². The number of anilines is 2. The number of rotatable bonds is 4. The van der Waals surface area contributed by atoms with Gasteiger partial charge in [-0.15, -0.1) is 0 Å². The molecule has 154 valence electrons. The van der Waals surface area contributed by atoms with Crippen molar-refractivity contribution in [1.82, 2.24) is 14.9 Å². The Morgan fingerprint density at radius 2 is 2.07 bits per heavy atom. The molecular formula is C23H25N5O2. The van der Waals surface area contributed by atoms with E-state index >= 15 is 0 Å². The Hall–Kier alpha value is -3.61. The molecular weight excluding hydrogens is 378 g/mol. The van der Waals surface area contributed by atoms with Gasteiger partial charge < -0.3 is 20.5 Å². The molecule has 1 aliphatic rings. The van der Waals surface area contributed by atoms with Gasteiger partial charge in [-0.05, 0) is 43.7 Å². The van der Waals surface area contributed by atoms with Gasteiger partial charge in [-0.2, -0.15) is 0 Å². The minimum Gasteiger partial charge on any atom is -0.365 e. The first-order valence-corrected chi connectivity index (χ1v) is 9.97. The number of aromatic nitrogens is 2. The minimum absolute atomic E-state index is 0.00911. The van der Waals surface area contributed by atoms with E-state index in [2.05, 4.69) is 26.7 Å². The predicted molar refractivity (Wildman–Crippen MR) is 119 cm³/mol. The average molecular weight is 403 g/mol. The lowest BCUT2D eigenvalue weighted by atomic mass is 10.1. The van der Waals surface area contributed by atoms with Crippen molar-refractivity contribution in [1.29, 1.82) is 0 Å². The van der Waals surface area contributed by atoms with E-state index in [0.717, 1.165) is 22.2 Å². The van der Waals surface area contributed by atoms with Crippen LogP contribution in [0, 0.1) is 6.92 Å². The van der Waals surface area contributed by atoms with E-state index < -0.39 is 0 Å². The summed E-state index contributed by atoms with van der Waals surface area (Å²) in [7, 11) is 1.79. The fraction of sp³-hybridized carbons (Fsp3) is 0.261. The lowest BCUT2D eigenvalue weighted by Crippen LogP contribution is -2.24. The summed E-state index contributed by atoms with van der Waals surface area (Å²) < 4.78 is 0. The zero-order valence-electron chi connectivity index (χ0n) is 17.3. The topological polar surface area (TPSA) is 90.1 Å². The second-order valence-corrected chi connectivity index (χ2v) is 7.73. The number of amides is 2. The minimum atomic E-state index is -0.106. The van der Waals surface area contributed by atoms with Gasteiger partial charge in [-0.3, -0.25) is 9.59 Å². The highest BCUT2D eigenvalue weighted by atomic mass is 16.2. The monoisotopic (exact) mass is 403 g/mol. The van der Waals surface area contributed by atoms with Gasteiger partial charge in [-0.1, -0.05) is 18.2 Å². The van der Waals surface area contributed by atoms with Gasteiger partial charge in [0.2, 0.25) is 11.8 Å². The van der Waals surface area contributed by atoms with Crippen molar-refractivity contribution < 1.29 is 9.59 Å². The number of nitrogens with one attached hydrogen (secondary N) is 3. The first kappa shape index (κ1) is 19.7. The Morgan fingerprint density at radius 3 is 2.90 bits per heavy atom. The summed E-state index contributed by atoms with van der Waals surface area (Å²) >= 11 is 0. The SMILES string of the molecule is Cc1[nH]c2ccccc2c1CN(C)C(=O)/C=C/c1ccc2c(n1)NC(C)CC(=O)N2. The molecule has 7 heteroatoms. The van der Waals surface area contributed by atoms with Crippen molar-refractivity contribution in [2.45, 2.75) is 32.9 Å². The summed E-state index contributed by atoms with van der Waals surface area (Å²) in [6.07, 6.45) is 3.61. The van der Waals surface area contributed by atoms with Crippen LogP contribution in [0.2, 0.25) is 0 Å². The molecule has 2 amide bonds. The van der Waals surface area contributed by atoms with Gasteiger partial charge in [0.05, 0.1) is 11.4 Å². The number of aryl methyl sites for hydroxylation is 1. The first-order chi connectivity index (χ1) is 14.4. The molecule has 1 unspecified atom stereocenters. The highest BCUT2D eigenvalue weighted by Gasteiger charge is 2.18. The van der Waals surface area contributed by atoms with Crippen LogP contribution in [-0.2, 0) is 16.1 Å². The molecule has 2 aromatic heterocycles. The number of benzene rings is 1. The number of nitrogens with zero attached hydrogens (tertiary/aromatic N) is 2. The normalized spacial score (nSPS) is 16.1. The van der Waals surface area contributed by atoms with Crippen molar-refractivity contribution in [2.24, 2.45) is 0 Å². The number of para-hydroxylation sites is 1. The Bertz CT molecular complexity index is 1150. The third kappa shape index (κ3) is 4.05. The van der Waals surface area contributed by atoms with Crippen LogP contribution in [0.5, 0.6) is 0 Å². The molecule has 0 spiro atoms. The van der Waals surface area contributed by atoms with Crippen LogP contribution >= 0.6 is 0 Å². The molecule has 30 heavy (non-hydrogen) atoms. The molecule has 0 radical (unpaired) electrons. The molecule has 3 heterocycles. The third-order valence-corrected chi connectivity index (χ3v) is 5.26. The molecule has 1 aromatic carbocycles. The maximum Gasteiger partial charge on any atom is 0.246 e. The number of hydrogen-bond acceptors (Lipinski definition) is 4. The van der Waals surface area contributed by atoms with Crippen molar-refractivity contribution in [3.63, 3.8) is 0 Å². The summed E-state index contributed by atoms with van der Waals surface area (Å²) in [4.78, 5) is 34.1. The van der Waals surface area contributed by atoms with Gasteiger partial charge in [-0.25, -0.2) is 4.98 Å². The Kier molecular flexibility index (Phi) is 5.27. The molecule has 0 fully saturated rings. The number of carbonyl (C=O) groups is 2. The van der Waals surface area contributed by atoms with Gasteiger partial charge in [0.25, 0.3) is 0 Å². The van der Waals surface area contributed by atoms with Crippen LogP contribution in [0.4, 0.5) is 11.5 Å². The summed E-state index contributed by atoms with van der Waals surface area (Å²) in [5.74, 6) is 0.472. The number of carbonyl (C=O) groups excluding carboxylic acids is 2. The van der Waals surface area contributed by atoms with Gasteiger partial charge in [0.1, 0.15) is 0 Å². The molecule has 3 aromatic rings. The van der Waals surface area contributed by atoms with Crippen molar-refractivity contribution >= 4 is 40.3 Å². The first-order valence-electron chi connectivity index (χ1n) is 9.97. The lowest BCUT2D eigenvalue weighted by molar-refractivity contribution is -0.125. The average Bonchev–Trinajstić information content (AvgIpc) is 2.93. The zero-order chi connectivity index (χ0) is 21.3. The number of aromatic amines is 1. The Balaban J connectivity index is 1.48. The maximum absolute atomic E-state index is 12.7. The van der Waals surface area contributed by atoms with Crippen LogP contribution in [0.3, 0.4) is 0 Å². The molecule has 3 N–H and O–H groups in total. The van der Waals surface area contributed by atoms with Gasteiger partial charge in [0.15, 0.2) is 5.82 Å². The highest BCUT2D eigenvalue weighted by Crippen LogP contribution is 2.25. The second kappa shape index (κ2) is 8.02. The molecule has 1 atom stereocenters. The fourth-order valence-electron chi connectivity index (χ4n) is 3.68. The molecule has 0 saturated carbocycles. The third-order valence-electron chi connectivity index (χ3n) is 5.26. The van der Waals surface area contributed by atoms with E-state index in [1.165, 1.54) is 6.08 Å². The molecule has 0 saturated heterocycles. The zero-order valence-corrected chi connectivity index (χ0v) is 17.3.